The van der Waals surface area contributed by atoms with Crippen LogP contribution < -0.4 is 73.2 Å². The number of fused-ring (bicyclic) bond motifs is 16. The molecule has 0 bridgehead atoms. The molecule has 0 radical (unpaired) electrons. The SMILES string of the molecule is Cc1cc(C(C)(C)C)cc(C)c1N1c2cc3c(cc2B2c4c1cc(-n1c5ccccc5c5cccnc51)cc4N(c1c(C)cc(C(C)(C)C)cc1C)c1cc4c5c(c12)Oc1ccccc1B5c1ccccc1O4)B1c2ccccc2Sc2cccc(c21)O3. The molecule has 6 aliphatic heterocycles. The van der Waals surface area contributed by atoms with Crippen LogP contribution in [0, 0.1) is 27.7 Å². The van der Waals surface area contributed by atoms with Crippen molar-refractivity contribution >= 4 is 137 Å². The first kappa shape index (κ1) is 51.9. The average Bonchev–Trinajstić information content (AvgIpc) is 0.753. The molecule has 0 fully saturated rings. The monoisotopic (exact) mass is 1150 g/mol. The summed E-state index contributed by atoms with van der Waals surface area (Å²) in [4.78, 5) is 13.0. The summed E-state index contributed by atoms with van der Waals surface area (Å²) in [5.41, 5.74) is 27.1. The highest BCUT2D eigenvalue weighted by atomic mass is 32.2. The van der Waals surface area contributed by atoms with Gasteiger partial charge in [0, 0.05) is 67.1 Å². The van der Waals surface area contributed by atoms with Crippen molar-refractivity contribution in [3.8, 4) is 40.2 Å². The van der Waals surface area contributed by atoms with Crippen LogP contribution in [-0.2, 0) is 10.8 Å². The second-order valence-electron chi connectivity index (χ2n) is 27.2. The molecular weight excluding hydrogens is 1090 g/mol. The highest BCUT2D eigenvalue weighted by Gasteiger charge is 2.52. The van der Waals surface area contributed by atoms with Gasteiger partial charge in [-0.2, -0.15) is 0 Å². The Bertz CT molecular complexity index is 5010. The molecular formula is C77H61B3N4O3S. The molecule has 10 aromatic carbocycles. The molecule has 18 rings (SSSR count). The van der Waals surface area contributed by atoms with Crippen molar-refractivity contribution in [3.05, 3.63) is 222 Å². The third-order valence-corrected chi connectivity index (χ3v) is 20.9. The van der Waals surface area contributed by atoms with E-state index in [1.807, 2.05) is 18.0 Å². The van der Waals surface area contributed by atoms with E-state index in [1.165, 1.54) is 65.0 Å². The molecule has 12 aromatic rings. The molecule has 11 heteroatoms. The van der Waals surface area contributed by atoms with Crippen LogP contribution in [0.25, 0.3) is 27.6 Å². The topological polar surface area (TPSA) is 52.0 Å². The van der Waals surface area contributed by atoms with Crippen LogP contribution in [0.5, 0.6) is 34.5 Å². The Morgan fingerprint density at radius 2 is 0.932 bits per heavy atom. The smallest absolute Gasteiger partial charge is 0.260 e. The summed E-state index contributed by atoms with van der Waals surface area (Å²) in [5, 5.41) is 2.25. The summed E-state index contributed by atoms with van der Waals surface area (Å²) in [6.45, 7) is 22.6. The first-order chi connectivity index (χ1) is 42.6. The number of benzene rings is 10. The molecule has 8 heterocycles. The second-order valence-corrected chi connectivity index (χ2v) is 28.3. The van der Waals surface area contributed by atoms with Crippen molar-refractivity contribution in [2.45, 2.75) is 89.9 Å². The van der Waals surface area contributed by atoms with Gasteiger partial charge in [0.2, 0.25) is 0 Å². The molecule has 0 saturated heterocycles. The molecule has 2 aromatic heterocycles. The summed E-state index contributed by atoms with van der Waals surface area (Å²) >= 11 is 1.84. The number of aromatic nitrogens is 2. The Morgan fingerprint density at radius 3 is 1.61 bits per heavy atom. The molecule has 0 aliphatic carbocycles. The van der Waals surface area contributed by atoms with Crippen molar-refractivity contribution in [1.29, 1.82) is 0 Å². The van der Waals surface area contributed by atoms with Crippen LogP contribution in [0.3, 0.4) is 0 Å². The largest absolute Gasteiger partial charge is 0.459 e. The van der Waals surface area contributed by atoms with E-state index < -0.39 is 0 Å². The average molecular weight is 1150 g/mol. The van der Waals surface area contributed by atoms with Crippen LogP contribution in [-0.4, -0.2) is 29.7 Å². The molecule has 0 spiro atoms. The van der Waals surface area contributed by atoms with Gasteiger partial charge in [0.25, 0.3) is 20.1 Å². The lowest BCUT2D eigenvalue weighted by Crippen LogP contribution is -2.66. The fourth-order valence-corrected chi connectivity index (χ4v) is 17.1. The third kappa shape index (κ3) is 7.16. The number of para-hydroxylation sites is 3. The Kier molecular flexibility index (Phi) is 10.7. The van der Waals surface area contributed by atoms with Crippen molar-refractivity contribution in [3.63, 3.8) is 0 Å². The lowest BCUT2D eigenvalue weighted by atomic mass is 9.29. The maximum atomic E-state index is 7.76. The number of aryl methyl sites for hydroxylation is 4. The van der Waals surface area contributed by atoms with Gasteiger partial charge in [-0.3, -0.25) is 4.57 Å². The first-order valence-corrected chi connectivity index (χ1v) is 31.7. The summed E-state index contributed by atoms with van der Waals surface area (Å²) in [6.07, 6.45) is 1.93. The number of rotatable bonds is 3. The van der Waals surface area contributed by atoms with Crippen LogP contribution in [0.4, 0.5) is 34.1 Å². The van der Waals surface area contributed by atoms with E-state index in [0.29, 0.717) is 0 Å². The van der Waals surface area contributed by atoms with Gasteiger partial charge < -0.3 is 24.0 Å². The highest BCUT2D eigenvalue weighted by Crippen LogP contribution is 2.53. The predicted molar refractivity (Wildman–Crippen MR) is 368 cm³/mol. The Labute approximate surface area is 519 Å². The van der Waals surface area contributed by atoms with E-state index in [9.17, 15) is 0 Å². The maximum absolute atomic E-state index is 7.76. The number of hydrogen-bond donors (Lipinski definition) is 0. The van der Waals surface area contributed by atoms with Gasteiger partial charge in [0.15, 0.2) is 0 Å². The van der Waals surface area contributed by atoms with Gasteiger partial charge in [0.05, 0.1) is 22.6 Å². The van der Waals surface area contributed by atoms with Crippen molar-refractivity contribution in [2.75, 3.05) is 9.80 Å². The molecule has 0 unspecified atom stereocenters. The number of nitrogens with zero attached hydrogens (tertiary/aromatic N) is 4. The Morgan fingerprint density at radius 1 is 0.398 bits per heavy atom. The highest BCUT2D eigenvalue weighted by molar-refractivity contribution is 8.00. The van der Waals surface area contributed by atoms with E-state index in [4.69, 9.17) is 19.2 Å². The summed E-state index contributed by atoms with van der Waals surface area (Å²) in [6, 6.07) is 67.8. The minimum atomic E-state index is -0.365. The number of pyridine rings is 1. The van der Waals surface area contributed by atoms with E-state index in [1.54, 1.807) is 0 Å². The zero-order valence-electron chi connectivity index (χ0n) is 51.1. The predicted octanol–water partition coefficient (Wildman–Crippen LogP) is 13.9. The molecule has 422 valence electrons. The van der Waals surface area contributed by atoms with Crippen molar-refractivity contribution < 1.29 is 14.2 Å². The fraction of sp³-hybridized carbons (Fsp3) is 0.156. The van der Waals surface area contributed by atoms with Gasteiger partial charge in [-0.1, -0.05) is 168 Å². The second kappa shape index (κ2) is 18.1. The van der Waals surface area contributed by atoms with Crippen LogP contribution in [0.1, 0.15) is 74.9 Å². The molecule has 0 amide bonds. The summed E-state index contributed by atoms with van der Waals surface area (Å²) in [7, 11) is 0. The molecule has 0 N–H and O–H groups in total. The quantitative estimate of drug-likeness (QED) is 0.163. The Hall–Kier alpha value is -9.31. The fourth-order valence-electron chi connectivity index (χ4n) is 15.9. The Balaban J connectivity index is 1.03. The minimum Gasteiger partial charge on any atom is -0.459 e. The van der Waals surface area contributed by atoms with Crippen molar-refractivity contribution in [1.82, 2.24) is 9.55 Å². The normalized spacial score (nSPS) is 14.4. The minimum absolute atomic E-state index is 0.0720. The van der Waals surface area contributed by atoms with E-state index in [-0.39, 0.29) is 31.0 Å². The van der Waals surface area contributed by atoms with Gasteiger partial charge in [-0.15, -0.1) is 0 Å². The van der Waals surface area contributed by atoms with Gasteiger partial charge in [0.1, 0.15) is 40.1 Å². The zero-order valence-corrected chi connectivity index (χ0v) is 51.9. The first-order valence-electron chi connectivity index (χ1n) is 30.9. The van der Waals surface area contributed by atoms with Gasteiger partial charge in [-0.25, -0.2) is 4.98 Å². The molecule has 0 saturated carbocycles. The van der Waals surface area contributed by atoms with E-state index in [2.05, 4.69) is 266 Å². The summed E-state index contributed by atoms with van der Waals surface area (Å²) < 4.78 is 24.9. The van der Waals surface area contributed by atoms with E-state index in [0.717, 1.165) is 124 Å². The van der Waals surface area contributed by atoms with Gasteiger partial charge >= 0.3 is 0 Å². The van der Waals surface area contributed by atoms with E-state index >= 15 is 0 Å². The molecule has 0 atom stereocenters. The molecule has 6 aliphatic rings. The maximum Gasteiger partial charge on any atom is 0.260 e. The molecule has 88 heavy (non-hydrogen) atoms. The zero-order chi connectivity index (χ0) is 59.5. The summed E-state index contributed by atoms with van der Waals surface area (Å²) in [5.74, 6) is 5.12. The molecule has 7 nitrogen and oxygen atoms in total. The van der Waals surface area contributed by atoms with Crippen molar-refractivity contribution in [2.24, 2.45) is 0 Å². The third-order valence-electron chi connectivity index (χ3n) is 19.8. The van der Waals surface area contributed by atoms with Gasteiger partial charge in [-0.05, 0) is 171 Å². The number of anilines is 6. The van der Waals surface area contributed by atoms with Crippen LogP contribution in [0.2, 0.25) is 0 Å². The lowest BCUT2D eigenvalue weighted by molar-refractivity contribution is 0.467. The standard InChI is InChI=1S/C77H61B3N4O3S/c1-42-33-46(76(5,6)7)34-43(2)72(42)83-57-40-64-55(79-53-25-14-18-30-66(53)88-67-31-19-29-63(86-64)70(67)79)39-54(57)80-68-58(83)37-48(82-56-26-15-11-21-49(56)50-22-20-32-81-75(50)82)38-59(68)84(73-44(3)35-47(36-45(73)4)77(8,9)10)60-41-65-71-74(69(60)80)87-62-28-17-13-24-52(62)78(71)51-23-12-16-27-61(51)85-65/h11-41H,1-10H3. The lowest BCUT2D eigenvalue weighted by Gasteiger charge is -2.47. The number of hydrogen-bond acceptors (Lipinski definition) is 7. The van der Waals surface area contributed by atoms with Crippen LogP contribution >= 0.6 is 11.8 Å². The number of ether oxygens (including phenoxy) is 3. The van der Waals surface area contributed by atoms with Crippen LogP contribution in [0.15, 0.2) is 198 Å².